The fourth-order valence-corrected chi connectivity index (χ4v) is 2.19. The van der Waals surface area contributed by atoms with Crippen LogP contribution in [0, 0.1) is 5.92 Å². The lowest BCUT2D eigenvalue weighted by Gasteiger charge is -2.23. The lowest BCUT2D eigenvalue weighted by Crippen LogP contribution is -2.31. The second-order valence-corrected chi connectivity index (χ2v) is 5.13. The minimum Gasteiger partial charge on any atom is -0.497 e. The van der Waals surface area contributed by atoms with Crippen molar-refractivity contribution in [3.05, 3.63) is 18.2 Å². The van der Waals surface area contributed by atoms with E-state index in [9.17, 15) is 5.11 Å². The molecule has 1 heterocycles. The molecule has 0 amide bonds. The van der Waals surface area contributed by atoms with Crippen molar-refractivity contribution in [2.24, 2.45) is 5.92 Å². The number of nitrogen functional groups attached to an aromatic ring is 1. The number of ether oxygens (including phenoxy) is 1. The van der Waals surface area contributed by atoms with E-state index in [4.69, 9.17) is 10.5 Å². The maximum Gasteiger partial charge on any atom is 0.222 e. The number of benzene rings is 1. The van der Waals surface area contributed by atoms with E-state index in [1.54, 1.807) is 7.11 Å². The van der Waals surface area contributed by atoms with Gasteiger partial charge in [0.25, 0.3) is 0 Å². The Balaban J connectivity index is 0.00000242. The zero-order valence-electron chi connectivity index (χ0n) is 13.6. The van der Waals surface area contributed by atoms with Gasteiger partial charge in [0, 0.05) is 5.39 Å². The fourth-order valence-electron chi connectivity index (χ4n) is 2.19. The zero-order chi connectivity index (χ0) is 15.4. The summed E-state index contributed by atoms with van der Waals surface area (Å²) in [5, 5.41) is 13.7. The number of fused-ring (bicyclic) bond motifs is 1. The molecule has 0 bridgehead atoms. The van der Waals surface area contributed by atoms with Crippen LogP contribution < -0.4 is 15.8 Å². The molecule has 0 saturated heterocycles. The SMILES string of the molecule is CC[C@H](C)[C@@H](CO)Nc1nc(N)nc2ccc(OC)cc12.S.S. The number of hydrogen-bond acceptors (Lipinski definition) is 6. The third kappa shape index (κ3) is 5.05. The summed E-state index contributed by atoms with van der Waals surface area (Å²) in [4.78, 5) is 8.49. The quantitative estimate of drug-likeness (QED) is 0.733. The van der Waals surface area contributed by atoms with E-state index in [0.29, 0.717) is 11.7 Å². The number of nitrogens with two attached hydrogens (primary N) is 1. The van der Waals surface area contributed by atoms with Crippen molar-refractivity contribution in [2.45, 2.75) is 26.3 Å². The van der Waals surface area contributed by atoms with Gasteiger partial charge in [-0.3, -0.25) is 0 Å². The monoisotopic (exact) mass is 358 g/mol. The Morgan fingerprint density at radius 1 is 1.30 bits per heavy atom. The van der Waals surface area contributed by atoms with E-state index in [-0.39, 0.29) is 45.6 Å². The second-order valence-electron chi connectivity index (χ2n) is 5.13. The fraction of sp³-hybridized carbons (Fsp3) is 0.467. The maximum absolute atomic E-state index is 9.57. The van der Waals surface area contributed by atoms with Crippen LogP contribution in [0.15, 0.2) is 18.2 Å². The second kappa shape index (κ2) is 9.69. The average Bonchev–Trinajstić information content (AvgIpc) is 2.51. The van der Waals surface area contributed by atoms with E-state index in [1.807, 2.05) is 18.2 Å². The minimum atomic E-state index is -0.0845. The largest absolute Gasteiger partial charge is 0.497 e. The first-order chi connectivity index (χ1) is 10.1. The summed E-state index contributed by atoms with van der Waals surface area (Å²) in [5.74, 6) is 1.86. The minimum absolute atomic E-state index is 0. The predicted molar refractivity (Wildman–Crippen MR) is 105 cm³/mol. The first-order valence-corrected chi connectivity index (χ1v) is 7.07. The Labute approximate surface area is 150 Å². The van der Waals surface area contributed by atoms with Crippen LogP contribution in [0.1, 0.15) is 20.3 Å². The molecule has 0 fully saturated rings. The van der Waals surface area contributed by atoms with Gasteiger partial charge < -0.3 is 20.9 Å². The number of nitrogens with one attached hydrogen (secondary N) is 1. The van der Waals surface area contributed by atoms with Crippen molar-refractivity contribution in [1.29, 1.82) is 0 Å². The Morgan fingerprint density at radius 3 is 2.57 bits per heavy atom. The number of aliphatic hydroxyl groups excluding tert-OH is 1. The molecular formula is C15H26N4O2S2. The smallest absolute Gasteiger partial charge is 0.222 e. The van der Waals surface area contributed by atoms with Gasteiger partial charge in [-0.05, 0) is 24.1 Å². The van der Waals surface area contributed by atoms with E-state index >= 15 is 0 Å². The number of hydrogen-bond donors (Lipinski definition) is 3. The van der Waals surface area contributed by atoms with Gasteiger partial charge in [-0.15, -0.1) is 0 Å². The molecular weight excluding hydrogens is 332 g/mol. The molecule has 130 valence electrons. The Hall–Kier alpha value is -1.38. The number of methoxy groups -OCH3 is 1. The van der Waals surface area contributed by atoms with E-state index in [0.717, 1.165) is 23.1 Å². The molecule has 0 aliphatic rings. The van der Waals surface area contributed by atoms with Crippen LogP contribution >= 0.6 is 27.0 Å². The first kappa shape index (κ1) is 21.6. The standard InChI is InChI=1S/C15H22N4O2.2H2S/c1-4-9(2)13(8-20)17-14-11-7-10(21-3)5-6-12(11)18-15(16)19-14;;/h5-7,9,13,20H,4,8H2,1-3H3,(H3,16,17,18,19);2*1H2/t9-,13+;;/m0../s1. The molecule has 6 nitrogen and oxygen atoms in total. The highest BCUT2D eigenvalue weighted by Crippen LogP contribution is 2.27. The summed E-state index contributed by atoms with van der Waals surface area (Å²) < 4.78 is 5.24. The van der Waals surface area contributed by atoms with Crippen LogP contribution in [-0.4, -0.2) is 34.8 Å². The molecule has 2 aromatic rings. The summed E-state index contributed by atoms with van der Waals surface area (Å²) in [6.07, 6.45) is 0.958. The molecule has 8 heteroatoms. The Bertz CT molecular complexity index is 628. The van der Waals surface area contributed by atoms with Gasteiger partial charge >= 0.3 is 0 Å². The summed E-state index contributed by atoms with van der Waals surface area (Å²) in [6, 6.07) is 5.45. The molecule has 0 unspecified atom stereocenters. The number of anilines is 2. The molecule has 0 saturated carbocycles. The van der Waals surface area contributed by atoms with Gasteiger partial charge in [-0.2, -0.15) is 32.0 Å². The molecule has 0 spiro atoms. The lowest BCUT2D eigenvalue weighted by molar-refractivity contribution is 0.241. The van der Waals surface area contributed by atoms with Gasteiger partial charge in [0.1, 0.15) is 11.6 Å². The number of rotatable bonds is 6. The van der Waals surface area contributed by atoms with Crippen molar-refractivity contribution in [3.8, 4) is 5.75 Å². The van der Waals surface area contributed by atoms with Crippen molar-refractivity contribution in [3.63, 3.8) is 0 Å². The maximum atomic E-state index is 9.57. The Morgan fingerprint density at radius 2 is 2.00 bits per heavy atom. The van der Waals surface area contributed by atoms with Crippen molar-refractivity contribution >= 4 is 49.7 Å². The van der Waals surface area contributed by atoms with Gasteiger partial charge in [0.2, 0.25) is 5.95 Å². The molecule has 1 aromatic heterocycles. The van der Waals surface area contributed by atoms with E-state index < -0.39 is 0 Å². The van der Waals surface area contributed by atoms with Crippen molar-refractivity contribution < 1.29 is 9.84 Å². The highest BCUT2D eigenvalue weighted by atomic mass is 32.1. The molecule has 4 N–H and O–H groups in total. The van der Waals surface area contributed by atoms with Crippen LogP contribution in [-0.2, 0) is 0 Å². The van der Waals surface area contributed by atoms with Gasteiger partial charge in [-0.1, -0.05) is 20.3 Å². The van der Waals surface area contributed by atoms with Crippen LogP contribution in [0.3, 0.4) is 0 Å². The summed E-state index contributed by atoms with van der Waals surface area (Å²) in [5.41, 5.74) is 6.51. The summed E-state index contributed by atoms with van der Waals surface area (Å²) in [7, 11) is 1.61. The average molecular weight is 359 g/mol. The number of aromatic nitrogens is 2. The van der Waals surface area contributed by atoms with Crippen LogP contribution in [0.2, 0.25) is 0 Å². The predicted octanol–water partition coefficient (Wildman–Crippen LogP) is 2.27. The van der Waals surface area contributed by atoms with Gasteiger partial charge in [-0.25, -0.2) is 4.98 Å². The molecule has 0 radical (unpaired) electrons. The molecule has 0 aliphatic heterocycles. The third-order valence-electron chi connectivity index (χ3n) is 3.77. The first-order valence-electron chi connectivity index (χ1n) is 7.07. The third-order valence-corrected chi connectivity index (χ3v) is 3.77. The molecule has 1 aromatic carbocycles. The van der Waals surface area contributed by atoms with Crippen molar-refractivity contribution in [1.82, 2.24) is 9.97 Å². The van der Waals surface area contributed by atoms with Crippen molar-refractivity contribution in [2.75, 3.05) is 24.8 Å². The summed E-state index contributed by atoms with van der Waals surface area (Å²) >= 11 is 0. The number of nitrogens with zero attached hydrogens (tertiary/aromatic N) is 2. The van der Waals surface area contributed by atoms with Crippen LogP contribution in [0.4, 0.5) is 11.8 Å². The molecule has 2 rings (SSSR count). The lowest BCUT2D eigenvalue weighted by atomic mass is 10.00. The zero-order valence-corrected chi connectivity index (χ0v) is 15.6. The number of aliphatic hydroxyl groups is 1. The molecule has 23 heavy (non-hydrogen) atoms. The molecule has 2 atom stereocenters. The Kier molecular flexibility index (Phi) is 9.11. The van der Waals surface area contributed by atoms with Gasteiger partial charge in [0.05, 0.1) is 25.3 Å². The highest BCUT2D eigenvalue weighted by Gasteiger charge is 2.17. The van der Waals surface area contributed by atoms with E-state index in [1.165, 1.54) is 0 Å². The van der Waals surface area contributed by atoms with E-state index in [2.05, 4.69) is 29.1 Å². The summed E-state index contributed by atoms with van der Waals surface area (Å²) in [6.45, 7) is 4.20. The van der Waals surface area contributed by atoms with Crippen LogP contribution in [0.5, 0.6) is 5.75 Å². The molecule has 0 aliphatic carbocycles. The highest BCUT2D eigenvalue weighted by molar-refractivity contribution is 7.59. The normalized spacial score (nSPS) is 12.7. The van der Waals surface area contributed by atoms with Crippen LogP contribution in [0.25, 0.3) is 10.9 Å². The topological polar surface area (TPSA) is 93.3 Å². The van der Waals surface area contributed by atoms with Gasteiger partial charge in [0.15, 0.2) is 0 Å².